The molecule has 0 fully saturated rings. The predicted octanol–water partition coefficient (Wildman–Crippen LogP) is 14.9. The van der Waals surface area contributed by atoms with Crippen molar-refractivity contribution in [2.75, 3.05) is 0 Å². The van der Waals surface area contributed by atoms with Gasteiger partial charge in [-0.05, 0) is 77.7 Å². The minimum atomic E-state index is -4.49. The van der Waals surface area contributed by atoms with E-state index in [1.165, 1.54) is 0 Å². The quantitative estimate of drug-likeness (QED) is 0.161. The summed E-state index contributed by atoms with van der Waals surface area (Å²) < 4.78 is 44.5. The Bertz CT molecular complexity index is 3100. The lowest BCUT2D eigenvalue weighted by Gasteiger charge is -2.21. The van der Waals surface area contributed by atoms with Gasteiger partial charge in [0.15, 0.2) is 5.82 Å². The largest absolute Gasteiger partial charge is 0.416 e. The van der Waals surface area contributed by atoms with E-state index >= 15 is 0 Å². The van der Waals surface area contributed by atoms with Gasteiger partial charge in [0.2, 0.25) is 0 Å². The average Bonchev–Trinajstić information content (AvgIpc) is 3.62. The number of alkyl halides is 3. The Morgan fingerprint density at radius 2 is 0.883 bits per heavy atom. The molecule has 0 saturated carbocycles. The van der Waals surface area contributed by atoms with E-state index in [0.717, 1.165) is 101 Å². The molecule has 0 radical (unpaired) electrons. The normalized spacial score (nSPS) is 11.7. The summed E-state index contributed by atoms with van der Waals surface area (Å²) in [6, 6.07) is 65.2. The van der Waals surface area contributed by atoms with Crippen molar-refractivity contribution >= 4 is 21.8 Å². The molecular weight excluding hydrogens is 748 g/mol. The van der Waals surface area contributed by atoms with Gasteiger partial charge in [0.1, 0.15) is 0 Å². The first kappa shape index (κ1) is 36.7. The summed E-state index contributed by atoms with van der Waals surface area (Å²) in [5, 5.41) is 2.13. The van der Waals surface area contributed by atoms with Gasteiger partial charge >= 0.3 is 6.18 Å². The van der Waals surface area contributed by atoms with E-state index in [0.29, 0.717) is 11.4 Å². The SMILES string of the molecule is Cc1ccc(-c2cc(-c3nc(-c4ccccc4)cc(-c4ccccc4)n3)cc(-c3ccc(C(F)(F)F)cc3)c2-n2c3ccccc3c3cc(-c4ccccc4)ccc32)cc1. The summed E-state index contributed by atoms with van der Waals surface area (Å²) in [4.78, 5) is 10.4. The minimum absolute atomic E-state index is 0.498. The summed E-state index contributed by atoms with van der Waals surface area (Å²) in [5.41, 5.74) is 12.7. The maximum absolute atomic E-state index is 14.1. The van der Waals surface area contributed by atoms with Gasteiger partial charge in [0, 0.05) is 38.6 Å². The molecule has 10 aromatic rings. The molecular formula is C54H36F3N3. The van der Waals surface area contributed by atoms with Crippen molar-refractivity contribution in [2.24, 2.45) is 0 Å². The zero-order valence-electron chi connectivity index (χ0n) is 32.5. The van der Waals surface area contributed by atoms with Gasteiger partial charge < -0.3 is 4.57 Å². The molecule has 6 heteroatoms. The smallest absolute Gasteiger partial charge is 0.308 e. The average molecular weight is 784 g/mol. The molecule has 8 aromatic carbocycles. The number of benzene rings is 8. The fraction of sp³-hybridized carbons (Fsp3) is 0.0370. The molecule has 0 unspecified atom stereocenters. The molecule has 0 aliphatic heterocycles. The molecule has 0 saturated heterocycles. The first-order valence-electron chi connectivity index (χ1n) is 19.8. The molecule has 0 bridgehead atoms. The number of hydrogen-bond acceptors (Lipinski definition) is 2. The fourth-order valence-corrected chi connectivity index (χ4v) is 8.13. The minimum Gasteiger partial charge on any atom is -0.308 e. The topological polar surface area (TPSA) is 30.7 Å². The Labute approximate surface area is 345 Å². The lowest BCUT2D eigenvalue weighted by atomic mass is 9.91. The molecule has 288 valence electrons. The van der Waals surface area contributed by atoms with Gasteiger partial charge in [-0.15, -0.1) is 0 Å². The summed E-state index contributed by atoms with van der Waals surface area (Å²) >= 11 is 0. The lowest BCUT2D eigenvalue weighted by Crippen LogP contribution is -2.05. The van der Waals surface area contributed by atoms with E-state index < -0.39 is 11.7 Å². The van der Waals surface area contributed by atoms with Crippen LogP contribution in [0.3, 0.4) is 0 Å². The van der Waals surface area contributed by atoms with Crippen LogP contribution in [0.1, 0.15) is 11.1 Å². The van der Waals surface area contributed by atoms with Crippen LogP contribution in [0.2, 0.25) is 0 Å². The Morgan fingerprint density at radius 3 is 1.45 bits per heavy atom. The molecule has 0 spiro atoms. The highest BCUT2D eigenvalue weighted by Gasteiger charge is 2.30. The van der Waals surface area contributed by atoms with E-state index in [-0.39, 0.29) is 0 Å². The number of halogens is 3. The van der Waals surface area contributed by atoms with E-state index in [2.05, 4.69) is 84.3 Å². The van der Waals surface area contributed by atoms with Gasteiger partial charge in [0.05, 0.1) is 33.7 Å². The maximum atomic E-state index is 14.1. The molecule has 0 aliphatic carbocycles. The second-order valence-electron chi connectivity index (χ2n) is 15.0. The number of aromatic nitrogens is 3. The van der Waals surface area contributed by atoms with Crippen LogP contribution in [0.4, 0.5) is 13.2 Å². The standard InChI is InChI=1S/C54H36F3N3/c1-35-21-23-37(24-22-35)45-32-42(53-58-48(39-15-7-3-8-16-39)34-49(59-53)40-17-9-4-10-18-40)33-46(38-25-28-43(29-26-38)54(55,56)57)52(45)60-50-20-12-11-19-44(50)47-31-41(27-30-51(47)60)36-13-5-2-6-14-36/h2-34H,1H3. The van der Waals surface area contributed by atoms with Crippen LogP contribution in [-0.2, 0) is 6.18 Å². The van der Waals surface area contributed by atoms with Crippen LogP contribution in [0, 0.1) is 6.92 Å². The van der Waals surface area contributed by atoms with Crippen molar-refractivity contribution < 1.29 is 13.2 Å². The number of aryl methyl sites for hydroxylation is 1. The Kier molecular flexibility index (Phi) is 9.18. The number of rotatable bonds is 7. The van der Waals surface area contributed by atoms with E-state index in [4.69, 9.17) is 9.97 Å². The summed E-state index contributed by atoms with van der Waals surface area (Å²) in [6.07, 6.45) is -4.49. The highest BCUT2D eigenvalue weighted by molar-refractivity contribution is 6.12. The van der Waals surface area contributed by atoms with Crippen molar-refractivity contribution in [3.63, 3.8) is 0 Å². The third-order valence-electron chi connectivity index (χ3n) is 11.1. The monoisotopic (exact) mass is 783 g/mol. The van der Waals surface area contributed by atoms with Crippen LogP contribution >= 0.6 is 0 Å². The van der Waals surface area contributed by atoms with Crippen LogP contribution in [-0.4, -0.2) is 14.5 Å². The first-order valence-corrected chi connectivity index (χ1v) is 19.8. The van der Waals surface area contributed by atoms with Gasteiger partial charge in [-0.25, -0.2) is 9.97 Å². The molecule has 0 N–H and O–H groups in total. The molecule has 10 rings (SSSR count). The Balaban J connectivity index is 1.31. The summed E-state index contributed by atoms with van der Waals surface area (Å²) in [5.74, 6) is 0.498. The zero-order valence-corrected chi connectivity index (χ0v) is 32.5. The fourth-order valence-electron chi connectivity index (χ4n) is 8.13. The van der Waals surface area contributed by atoms with Crippen molar-refractivity contribution in [3.8, 4) is 73.0 Å². The van der Waals surface area contributed by atoms with Crippen LogP contribution in [0.25, 0.3) is 94.8 Å². The third-order valence-corrected chi connectivity index (χ3v) is 11.1. The summed E-state index contributed by atoms with van der Waals surface area (Å²) in [7, 11) is 0. The third kappa shape index (κ3) is 6.82. The molecule has 0 aliphatic rings. The number of para-hydroxylation sites is 1. The van der Waals surface area contributed by atoms with Gasteiger partial charge in [0.25, 0.3) is 0 Å². The molecule has 2 heterocycles. The van der Waals surface area contributed by atoms with E-state index in [1.807, 2.05) is 103 Å². The van der Waals surface area contributed by atoms with E-state index in [1.54, 1.807) is 12.1 Å². The van der Waals surface area contributed by atoms with Crippen molar-refractivity contribution in [3.05, 3.63) is 211 Å². The number of hydrogen-bond donors (Lipinski definition) is 0. The predicted molar refractivity (Wildman–Crippen MR) is 239 cm³/mol. The second kappa shape index (κ2) is 15.0. The van der Waals surface area contributed by atoms with E-state index in [9.17, 15) is 13.2 Å². The highest BCUT2D eigenvalue weighted by Crippen LogP contribution is 2.45. The Morgan fingerprint density at radius 1 is 0.400 bits per heavy atom. The van der Waals surface area contributed by atoms with Crippen LogP contribution < -0.4 is 0 Å². The molecule has 0 atom stereocenters. The van der Waals surface area contributed by atoms with Crippen LogP contribution in [0.15, 0.2) is 200 Å². The molecule has 3 nitrogen and oxygen atoms in total. The lowest BCUT2D eigenvalue weighted by molar-refractivity contribution is -0.137. The van der Waals surface area contributed by atoms with Crippen LogP contribution in [0.5, 0.6) is 0 Å². The molecule has 60 heavy (non-hydrogen) atoms. The highest BCUT2D eigenvalue weighted by atomic mass is 19.4. The summed E-state index contributed by atoms with van der Waals surface area (Å²) in [6.45, 7) is 2.06. The second-order valence-corrected chi connectivity index (χ2v) is 15.0. The van der Waals surface area contributed by atoms with Gasteiger partial charge in [-0.3, -0.25) is 0 Å². The zero-order chi connectivity index (χ0) is 40.8. The first-order chi connectivity index (χ1) is 29.3. The van der Waals surface area contributed by atoms with Crippen molar-refractivity contribution in [1.29, 1.82) is 0 Å². The number of fused-ring (bicyclic) bond motifs is 3. The Hall–Kier alpha value is -7.57. The van der Waals surface area contributed by atoms with Gasteiger partial charge in [-0.2, -0.15) is 13.2 Å². The molecule has 0 amide bonds. The number of nitrogens with zero attached hydrogens (tertiary/aromatic N) is 3. The van der Waals surface area contributed by atoms with Crippen molar-refractivity contribution in [2.45, 2.75) is 13.1 Å². The molecule has 2 aromatic heterocycles. The van der Waals surface area contributed by atoms with Crippen molar-refractivity contribution in [1.82, 2.24) is 14.5 Å². The maximum Gasteiger partial charge on any atom is 0.416 e. The van der Waals surface area contributed by atoms with Gasteiger partial charge in [-0.1, -0.05) is 157 Å².